The van der Waals surface area contributed by atoms with E-state index in [0.29, 0.717) is 18.8 Å². The second-order valence-corrected chi connectivity index (χ2v) is 7.64. The van der Waals surface area contributed by atoms with Crippen LogP contribution < -0.4 is 5.32 Å². The molecular weight excluding hydrogens is 378 g/mol. The van der Waals surface area contributed by atoms with E-state index in [-0.39, 0.29) is 12.1 Å². The molecule has 0 radical (unpaired) electrons. The number of pyridine rings is 1. The normalized spacial score (nSPS) is 11.2. The molecule has 0 atom stereocenters. The molecule has 1 N–H and O–H groups in total. The number of fused-ring (bicyclic) bond motifs is 1. The van der Waals surface area contributed by atoms with Crippen molar-refractivity contribution in [2.45, 2.75) is 33.0 Å². The zero-order valence-electron chi connectivity index (χ0n) is 17.4. The van der Waals surface area contributed by atoms with Gasteiger partial charge in [-0.15, -0.1) is 0 Å². The Labute approximate surface area is 175 Å². The van der Waals surface area contributed by atoms with E-state index >= 15 is 0 Å². The summed E-state index contributed by atoms with van der Waals surface area (Å²) in [6.07, 6.45) is 7.18. The minimum atomic E-state index is -0.205. The molecule has 8 nitrogen and oxygen atoms in total. The number of nitrogens with zero attached hydrogens (tertiary/aromatic N) is 6. The van der Waals surface area contributed by atoms with Gasteiger partial charge in [-0.1, -0.05) is 30.3 Å². The van der Waals surface area contributed by atoms with E-state index < -0.39 is 0 Å². The van der Waals surface area contributed by atoms with Crippen LogP contribution in [0.3, 0.4) is 0 Å². The topological polar surface area (TPSA) is 80.9 Å². The number of carbonyl (C=O) groups is 1. The van der Waals surface area contributed by atoms with E-state index in [1.54, 1.807) is 30.5 Å². The van der Waals surface area contributed by atoms with Gasteiger partial charge in [-0.05, 0) is 25.5 Å². The van der Waals surface area contributed by atoms with E-state index in [0.717, 1.165) is 16.6 Å². The fourth-order valence-corrected chi connectivity index (χ4v) is 3.30. The maximum absolute atomic E-state index is 12.6. The first-order valence-electron chi connectivity index (χ1n) is 9.90. The van der Waals surface area contributed by atoms with Crippen LogP contribution in [0.15, 0.2) is 61.2 Å². The molecule has 0 fully saturated rings. The fourth-order valence-electron chi connectivity index (χ4n) is 3.30. The quantitative estimate of drug-likeness (QED) is 0.529. The first-order valence-corrected chi connectivity index (χ1v) is 9.90. The van der Waals surface area contributed by atoms with Crippen molar-refractivity contribution in [3.05, 3.63) is 72.3 Å². The molecule has 0 aliphatic carbocycles. The van der Waals surface area contributed by atoms with Crippen LogP contribution in [0.5, 0.6) is 0 Å². The average molecular weight is 403 g/mol. The zero-order valence-corrected chi connectivity index (χ0v) is 17.4. The number of anilines is 1. The highest BCUT2D eigenvalue weighted by atomic mass is 16.2. The first kappa shape index (κ1) is 19.6. The standard InChI is InChI=1S/C22H25N7O/c1-16(2)29-21-19(11-25-29)9-20(12-23-21)26-22(30)27(3)13-18-10-24-28(15-18)14-17-7-5-4-6-8-17/h4-12,15-16H,13-14H2,1-3H3,(H,26,30). The summed E-state index contributed by atoms with van der Waals surface area (Å²) in [5, 5.41) is 12.6. The number of urea groups is 1. The molecule has 0 aliphatic heterocycles. The summed E-state index contributed by atoms with van der Waals surface area (Å²) in [7, 11) is 1.76. The Bertz CT molecular complexity index is 1150. The summed E-state index contributed by atoms with van der Waals surface area (Å²) in [5.74, 6) is 0. The smallest absolute Gasteiger partial charge is 0.321 e. The molecule has 0 spiro atoms. The minimum absolute atomic E-state index is 0.205. The van der Waals surface area contributed by atoms with Gasteiger partial charge in [0.25, 0.3) is 0 Å². The highest BCUT2D eigenvalue weighted by Crippen LogP contribution is 2.19. The van der Waals surface area contributed by atoms with Gasteiger partial charge in [0.05, 0.1) is 37.4 Å². The molecule has 1 aromatic carbocycles. The molecule has 0 aliphatic rings. The Hall–Kier alpha value is -3.68. The van der Waals surface area contributed by atoms with Crippen molar-refractivity contribution in [1.82, 2.24) is 29.4 Å². The Morgan fingerprint density at radius 3 is 2.67 bits per heavy atom. The number of amides is 2. The lowest BCUT2D eigenvalue weighted by Crippen LogP contribution is -2.30. The van der Waals surface area contributed by atoms with Crippen LogP contribution >= 0.6 is 0 Å². The van der Waals surface area contributed by atoms with Crippen molar-refractivity contribution in [3.63, 3.8) is 0 Å². The van der Waals surface area contributed by atoms with Gasteiger partial charge in [0.15, 0.2) is 5.65 Å². The third-order valence-corrected chi connectivity index (χ3v) is 4.81. The molecule has 8 heteroatoms. The number of rotatable bonds is 6. The van der Waals surface area contributed by atoms with Crippen molar-refractivity contribution in [1.29, 1.82) is 0 Å². The summed E-state index contributed by atoms with van der Waals surface area (Å²) in [6.45, 7) is 5.27. The second kappa shape index (κ2) is 8.36. The van der Waals surface area contributed by atoms with Gasteiger partial charge in [-0.3, -0.25) is 4.68 Å². The number of aromatic nitrogens is 5. The fraction of sp³-hybridized carbons (Fsp3) is 0.273. The van der Waals surface area contributed by atoms with Gasteiger partial charge in [-0.25, -0.2) is 14.5 Å². The summed E-state index contributed by atoms with van der Waals surface area (Å²) >= 11 is 0. The lowest BCUT2D eigenvalue weighted by atomic mass is 10.2. The first-order chi connectivity index (χ1) is 14.5. The van der Waals surface area contributed by atoms with Gasteiger partial charge < -0.3 is 10.2 Å². The lowest BCUT2D eigenvalue weighted by molar-refractivity contribution is 0.220. The van der Waals surface area contributed by atoms with Crippen LogP contribution in [-0.2, 0) is 13.1 Å². The highest BCUT2D eigenvalue weighted by Gasteiger charge is 2.13. The lowest BCUT2D eigenvalue weighted by Gasteiger charge is -2.17. The molecule has 4 aromatic rings. The third-order valence-electron chi connectivity index (χ3n) is 4.81. The van der Waals surface area contributed by atoms with Crippen LogP contribution in [0.1, 0.15) is 31.0 Å². The SMILES string of the molecule is CC(C)n1ncc2cc(NC(=O)N(C)Cc3cnn(Cc4ccccc4)c3)cnc21. The number of carbonyl (C=O) groups excluding carboxylic acids is 1. The Morgan fingerprint density at radius 2 is 1.90 bits per heavy atom. The van der Waals surface area contributed by atoms with E-state index in [1.165, 1.54) is 5.56 Å². The molecule has 0 unspecified atom stereocenters. The molecule has 4 rings (SSSR count). The second-order valence-electron chi connectivity index (χ2n) is 7.64. The van der Waals surface area contributed by atoms with Crippen molar-refractivity contribution in [3.8, 4) is 0 Å². The largest absolute Gasteiger partial charge is 0.323 e. The Balaban J connectivity index is 1.38. The van der Waals surface area contributed by atoms with Crippen LogP contribution in [0.25, 0.3) is 11.0 Å². The number of hydrogen-bond acceptors (Lipinski definition) is 4. The van der Waals surface area contributed by atoms with Crippen molar-refractivity contribution in [2.24, 2.45) is 0 Å². The summed E-state index contributed by atoms with van der Waals surface area (Å²) in [5.41, 5.74) is 3.60. The monoisotopic (exact) mass is 403 g/mol. The van der Waals surface area contributed by atoms with E-state index in [2.05, 4.69) is 46.5 Å². The molecule has 2 amide bonds. The Morgan fingerprint density at radius 1 is 1.10 bits per heavy atom. The molecule has 0 saturated heterocycles. The van der Waals surface area contributed by atoms with Gasteiger partial charge in [0, 0.05) is 30.2 Å². The average Bonchev–Trinajstić information content (AvgIpc) is 3.35. The maximum Gasteiger partial charge on any atom is 0.321 e. The van der Waals surface area contributed by atoms with Crippen molar-refractivity contribution in [2.75, 3.05) is 12.4 Å². The minimum Gasteiger partial charge on any atom is -0.323 e. The maximum atomic E-state index is 12.6. The molecule has 30 heavy (non-hydrogen) atoms. The summed E-state index contributed by atoms with van der Waals surface area (Å²) in [6, 6.07) is 12.1. The predicted molar refractivity (Wildman–Crippen MR) is 116 cm³/mol. The van der Waals surface area contributed by atoms with Gasteiger partial charge in [-0.2, -0.15) is 10.2 Å². The zero-order chi connectivity index (χ0) is 21.1. The van der Waals surface area contributed by atoms with Gasteiger partial charge >= 0.3 is 6.03 Å². The van der Waals surface area contributed by atoms with Crippen molar-refractivity contribution < 1.29 is 4.79 Å². The van der Waals surface area contributed by atoms with Crippen molar-refractivity contribution >= 4 is 22.8 Å². The van der Waals surface area contributed by atoms with Gasteiger partial charge in [0.1, 0.15) is 0 Å². The van der Waals surface area contributed by atoms with Crippen LogP contribution in [0, 0.1) is 0 Å². The molecule has 0 saturated carbocycles. The van der Waals surface area contributed by atoms with Crippen LogP contribution in [0.4, 0.5) is 10.5 Å². The van der Waals surface area contributed by atoms with E-state index in [4.69, 9.17) is 0 Å². The summed E-state index contributed by atoms with van der Waals surface area (Å²) < 4.78 is 3.74. The van der Waals surface area contributed by atoms with Crippen LogP contribution in [0.2, 0.25) is 0 Å². The highest BCUT2D eigenvalue weighted by molar-refractivity contribution is 5.91. The van der Waals surface area contributed by atoms with Gasteiger partial charge in [0.2, 0.25) is 0 Å². The van der Waals surface area contributed by atoms with Crippen LogP contribution in [-0.4, -0.2) is 42.5 Å². The predicted octanol–water partition coefficient (Wildman–Crippen LogP) is 3.92. The summed E-state index contributed by atoms with van der Waals surface area (Å²) in [4.78, 5) is 18.7. The van der Waals surface area contributed by atoms with E-state index in [1.807, 2.05) is 39.8 Å². The molecular formula is C22H25N7O. The number of nitrogens with one attached hydrogen (secondary N) is 1. The molecule has 0 bridgehead atoms. The third kappa shape index (κ3) is 4.32. The Kier molecular flexibility index (Phi) is 5.47. The van der Waals surface area contributed by atoms with E-state index in [9.17, 15) is 4.79 Å². The number of benzene rings is 1. The number of hydrogen-bond donors (Lipinski definition) is 1. The molecule has 3 heterocycles. The molecule has 3 aromatic heterocycles. The molecule has 154 valence electrons.